The van der Waals surface area contributed by atoms with Crippen LogP contribution < -0.4 is 0 Å². The van der Waals surface area contributed by atoms with E-state index >= 15 is 0 Å². The minimum Gasteiger partial charge on any atom is -0.465 e. The van der Waals surface area contributed by atoms with Crippen LogP contribution in [0.2, 0.25) is 0 Å². The lowest BCUT2D eigenvalue weighted by Crippen LogP contribution is -2.07. The Morgan fingerprint density at radius 1 is 0.971 bits per heavy atom. The molecule has 2 heterocycles. The fourth-order valence-corrected chi connectivity index (χ4v) is 4.57. The van der Waals surface area contributed by atoms with Crippen LogP contribution >= 0.6 is 0 Å². The number of nitro groups is 1. The fraction of sp³-hybridized carbons (Fsp3) is 0.115. The second-order valence-corrected chi connectivity index (χ2v) is 8.02. The quantitative estimate of drug-likeness (QED) is 0.189. The molecule has 0 bridgehead atoms. The van der Waals surface area contributed by atoms with Crippen molar-refractivity contribution >= 4 is 33.5 Å². The number of fused-ring (bicyclic) bond motifs is 2. The molecule has 0 saturated carbocycles. The van der Waals surface area contributed by atoms with Crippen molar-refractivity contribution in [3.8, 4) is 0 Å². The fourth-order valence-electron chi connectivity index (χ4n) is 4.57. The topological polar surface area (TPSA) is 121 Å². The minimum absolute atomic E-state index is 0.00514. The van der Waals surface area contributed by atoms with E-state index in [-0.39, 0.29) is 18.2 Å². The highest BCUT2D eigenvalue weighted by Crippen LogP contribution is 2.41. The molecule has 5 aromatic rings. The summed E-state index contributed by atoms with van der Waals surface area (Å²) in [5.74, 6) is -0.815. The first-order valence-corrected chi connectivity index (χ1v) is 10.6. The number of benzene rings is 3. The molecule has 0 saturated heterocycles. The number of H-pyrrole nitrogens is 2. The number of aromatic amines is 2. The number of nitro benzene ring substituents is 1. The van der Waals surface area contributed by atoms with Gasteiger partial charge in [0.15, 0.2) is 0 Å². The molecular weight excluding hydrogens is 434 g/mol. The summed E-state index contributed by atoms with van der Waals surface area (Å²) >= 11 is 0. The summed E-state index contributed by atoms with van der Waals surface area (Å²) in [5, 5.41) is 23.1. The molecule has 0 aliphatic heterocycles. The Hall–Kier alpha value is -4.43. The lowest BCUT2D eigenvalue weighted by atomic mass is 9.82. The summed E-state index contributed by atoms with van der Waals surface area (Å²) in [5.41, 5.74) is 5.31. The number of esters is 1. The van der Waals surface area contributed by atoms with Crippen molar-refractivity contribution in [2.45, 2.75) is 12.5 Å². The van der Waals surface area contributed by atoms with Gasteiger partial charge in [0.05, 0.1) is 24.2 Å². The number of aromatic nitrogens is 2. The van der Waals surface area contributed by atoms with Gasteiger partial charge in [-0.2, -0.15) is 0 Å². The third-order valence-corrected chi connectivity index (χ3v) is 6.20. The monoisotopic (exact) mass is 455 g/mol. The van der Waals surface area contributed by atoms with Gasteiger partial charge in [0.25, 0.3) is 5.69 Å². The van der Waals surface area contributed by atoms with Crippen molar-refractivity contribution in [3.63, 3.8) is 0 Å². The van der Waals surface area contributed by atoms with Crippen LogP contribution in [0.15, 0.2) is 73.1 Å². The maximum atomic E-state index is 12.2. The molecule has 5 rings (SSSR count). The number of carbonyl (C=O) groups is 1. The Kier molecular flexibility index (Phi) is 5.35. The SMILES string of the molecule is COC(=O)c1ccc2[nH]cc(C(c3ccccc3CO)c3c[nH]c4ccc([N+](=O)[O-])cc34)c2c1. The average Bonchev–Trinajstić information content (AvgIpc) is 3.48. The van der Waals surface area contributed by atoms with Crippen LogP contribution in [0.5, 0.6) is 0 Å². The molecule has 0 fully saturated rings. The molecule has 0 amide bonds. The number of nitrogens with zero attached hydrogens (tertiary/aromatic N) is 1. The van der Waals surface area contributed by atoms with Crippen molar-refractivity contribution in [3.05, 3.63) is 111 Å². The Morgan fingerprint density at radius 2 is 1.62 bits per heavy atom. The number of methoxy groups -OCH3 is 1. The predicted molar refractivity (Wildman–Crippen MR) is 128 cm³/mol. The number of aliphatic hydroxyl groups excluding tert-OH is 1. The van der Waals surface area contributed by atoms with Crippen LogP contribution in [0.25, 0.3) is 21.8 Å². The predicted octanol–water partition coefficient (Wildman–Crippen LogP) is 5.02. The number of carbonyl (C=O) groups excluding carboxylic acids is 1. The van der Waals surface area contributed by atoms with Crippen LogP contribution in [0.4, 0.5) is 5.69 Å². The maximum Gasteiger partial charge on any atom is 0.337 e. The Bertz CT molecular complexity index is 1550. The zero-order valence-electron chi connectivity index (χ0n) is 18.2. The molecule has 8 heteroatoms. The molecule has 170 valence electrons. The van der Waals surface area contributed by atoms with E-state index in [2.05, 4.69) is 9.97 Å². The molecule has 3 aromatic carbocycles. The van der Waals surface area contributed by atoms with E-state index in [4.69, 9.17) is 4.74 Å². The first kappa shape index (κ1) is 21.4. The Morgan fingerprint density at radius 3 is 2.26 bits per heavy atom. The average molecular weight is 455 g/mol. The molecule has 0 aliphatic rings. The molecule has 0 radical (unpaired) electrons. The molecule has 3 N–H and O–H groups in total. The summed E-state index contributed by atoms with van der Waals surface area (Å²) in [7, 11) is 1.34. The van der Waals surface area contributed by atoms with E-state index in [9.17, 15) is 20.0 Å². The van der Waals surface area contributed by atoms with E-state index in [0.29, 0.717) is 10.9 Å². The van der Waals surface area contributed by atoms with Crippen LogP contribution in [0.3, 0.4) is 0 Å². The first-order valence-electron chi connectivity index (χ1n) is 10.6. The molecular formula is C26H21N3O5. The van der Waals surface area contributed by atoms with E-state index in [1.807, 2.05) is 42.7 Å². The summed E-state index contributed by atoms with van der Waals surface area (Å²) in [4.78, 5) is 29.7. The van der Waals surface area contributed by atoms with Gasteiger partial charge in [-0.1, -0.05) is 24.3 Å². The van der Waals surface area contributed by atoms with Gasteiger partial charge in [0.2, 0.25) is 0 Å². The zero-order chi connectivity index (χ0) is 23.8. The van der Waals surface area contributed by atoms with Gasteiger partial charge in [-0.05, 0) is 46.5 Å². The molecule has 34 heavy (non-hydrogen) atoms. The minimum atomic E-state index is -0.441. The lowest BCUT2D eigenvalue weighted by molar-refractivity contribution is -0.384. The van der Waals surface area contributed by atoms with Crippen molar-refractivity contribution in [1.29, 1.82) is 0 Å². The first-order chi connectivity index (χ1) is 16.5. The van der Waals surface area contributed by atoms with E-state index in [0.717, 1.165) is 38.7 Å². The molecule has 0 spiro atoms. The van der Waals surface area contributed by atoms with Crippen molar-refractivity contribution < 1.29 is 19.6 Å². The van der Waals surface area contributed by atoms with Gasteiger partial charge in [-0.25, -0.2) is 4.79 Å². The number of ether oxygens (including phenoxy) is 1. The van der Waals surface area contributed by atoms with Crippen LogP contribution in [0.1, 0.15) is 38.5 Å². The highest BCUT2D eigenvalue weighted by Gasteiger charge is 2.26. The van der Waals surface area contributed by atoms with Crippen molar-refractivity contribution in [2.24, 2.45) is 0 Å². The number of nitrogens with one attached hydrogen (secondary N) is 2. The molecule has 0 aliphatic carbocycles. The second-order valence-electron chi connectivity index (χ2n) is 8.02. The summed E-state index contributed by atoms with van der Waals surface area (Å²) in [6, 6.07) is 17.6. The normalized spacial score (nSPS) is 12.2. The van der Waals surface area contributed by atoms with Gasteiger partial charge in [0, 0.05) is 52.3 Å². The number of non-ortho nitro benzene ring substituents is 1. The van der Waals surface area contributed by atoms with Gasteiger partial charge in [-0.3, -0.25) is 10.1 Å². The summed E-state index contributed by atoms with van der Waals surface area (Å²) in [6.07, 6.45) is 3.72. The van der Waals surface area contributed by atoms with E-state index in [1.54, 1.807) is 24.3 Å². The van der Waals surface area contributed by atoms with Gasteiger partial charge >= 0.3 is 5.97 Å². The zero-order valence-corrected chi connectivity index (χ0v) is 18.2. The summed E-state index contributed by atoms with van der Waals surface area (Å²) in [6.45, 7) is -0.162. The molecule has 8 nitrogen and oxygen atoms in total. The van der Waals surface area contributed by atoms with Crippen LogP contribution in [-0.2, 0) is 11.3 Å². The Labute approximate surface area is 194 Å². The van der Waals surface area contributed by atoms with Crippen molar-refractivity contribution in [2.75, 3.05) is 7.11 Å². The third-order valence-electron chi connectivity index (χ3n) is 6.20. The van der Waals surface area contributed by atoms with Crippen LogP contribution in [0, 0.1) is 10.1 Å². The highest BCUT2D eigenvalue weighted by molar-refractivity contribution is 5.97. The summed E-state index contributed by atoms with van der Waals surface area (Å²) < 4.78 is 4.90. The number of hydrogen-bond donors (Lipinski definition) is 3. The smallest absolute Gasteiger partial charge is 0.337 e. The highest BCUT2D eigenvalue weighted by atomic mass is 16.6. The van der Waals surface area contributed by atoms with Crippen LogP contribution in [-0.4, -0.2) is 33.1 Å². The maximum absolute atomic E-state index is 12.2. The standard InChI is InChI=1S/C26H21N3O5/c1-34-26(31)15-6-8-23-19(10-15)21(12-27-23)25(18-5-3-2-4-16(18)14-30)22-13-28-24-9-7-17(29(32)33)11-20(22)24/h2-13,25,27-28,30H,14H2,1H3. The van der Waals surface area contributed by atoms with Gasteiger partial charge in [-0.15, -0.1) is 0 Å². The third kappa shape index (κ3) is 3.50. The van der Waals surface area contributed by atoms with Crippen molar-refractivity contribution in [1.82, 2.24) is 9.97 Å². The lowest BCUT2D eigenvalue weighted by Gasteiger charge is -2.20. The van der Waals surface area contributed by atoms with Gasteiger partial charge in [0.1, 0.15) is 0 Å². The number of rotatable bonds is 6. The second kappa shape index (κ2) is 8.49. The number of aliphatic hydroxyl groups is 1. The molecule has 1 atom stereocenters. The van der Waals surface area contributed by atoms with Gasteiger partial charge < -0.3 is 19.8 Å². The number of hydrogen-bond acceptors (Lipinski definition) is 5. The Balaban J connectivity index is 1.81. The molecule has 2 aromatic heterocycles. The molecule has 1 unspecified atom stereocenters. The largest absolute Gasteiger partial charge is 0.465 e. The van der Waals surface area contributed by atoms with E-state index < -0.39 is 10.9 Å². The van der Waals surface area contributed by atoms with E-state index in [1.165, 1.54) is 13.2 Å².